The highest BCUT2D eigenvalue weighted by Crippen LogP contribution is 2.15. The molecular weight excluding hydrogens is 277 g/mol. The zero-order chi connectivity index (χ0) is 14.6. The zero-order valence-electron chi connectivity index (χ0n) is 11.1. The van der Waals surface area contributed by atoms with Crippen molar-refractivity contribution in [2.45, 2.75) is 18.7 Å². The van der Waals surface area contributed by atoms with Crippen LogP contribution in [-0.2, 0) is 15.8 Å². The minimum absolute atomic E-state index is 0.0701. The van der Waals surface area contributed by atoms with Gasteiger partial charge in [-0.15, -0.1) is 0 Å². The molecule has 0 saturated heterocycles. The molecule has 0 aromatic heterocycles. The van der Waals surface area contributed by atoms with Crippen molar-refractivity contribution in [3.05, 3.63) is 71.5 Å². The fourth-order valence-corrected chi connectivity index (χ4v) is 3.31. The van der Waals surface area contributed by atoms with E-state index >= 15 is 0 Å². The van der Waals surface area contributed by atoms with E-state index in [0.29, 0.717) is 0 Å². The number of halogens is 1. The predicted molar refractivity (Wildman–Crippen MR) is 77.0 cm³/mol. The third kappa shape index (κ3) is 4.15. The van der Waals surface area contributed by atoms with Gasteiger partial charge in [-0.1, -0.05) is 42.5 Å². The average Bonchev–Trinajstić information content (AvgIpc) is 2.39. The second-order valence-electron chi connectivity index (χ2n) is 4.64. The van der Waals surface area contributed by atoms with E-state index < -0.39 is 16.1 Å². The van der Waals surface area contributed by atoms with Crippen molar-refractivity contribution in [2.24, 2.45) is 0 Å². The first-order chi connectivity index (χ1) is 9.46. The summed E-state index contributed by atoms with van der Waals surface area (Å²) >= 11 is 0. The molecule has 0 spiro atoms. The Hall–Kier alpha value is -1.72. The summed E-state index contributed by atoms with van der Waals surface area (Å²) in [5, 5.41) is 0. The van der Waals surface area contributed by atoms with Gasteiger partial charge in [0, 0.05) is 6.04 Å². The monoisotopic (exact) mass is 293 g/mol. The van der Waals surface area contributed by atoms with Crippen LogP contribution in [0, 0.1) is 5.82 Å². The molecule has 0 fully saturated rings. The van der Waals surface area contributed by atoms with Crippen LogP contribution in [0.15, 0.2) is 54.6 Å². The van der Waals surface area contributed by atoms with Gasteiger partial charge in [0.25, 0.3) is 0 Å². The van der Waals surface area contributed by atoms with E-state index in [-0.39, 0.29) is 11.6 Å². The molecular formula is C15H16FNO2S. The van der Waals surface area contributed by atoms with Crippen LogP contribution in [0.2, 0.25) is 0 Å². The Morgan fingerprint density at radius 1 is 1.05 bits per heavy atom. The minimum Gasteiger partial charge on any atom is -0.212 e. The maximum Gasteiger partial charge on any atom is 0.216 e. The molecule has 0 unspecified atom stereocenters. The van der Waals surface area contributed by atoms with E-state index in [1.54, 1.807) is 43.3 Å². The van der Waals surface area contributed by atoms with E-state index in [2.05, 4.69) is 4.72 Å². The molecule has 0 aliphatic carbocycles. The van der Waals surface area contributed by atoms with Gasteiger partial charge in [-0.2, -0.15) is 0 Å². The number of nitrogens with one attached hydrogen (secondary N) is 1. The van der Waals surface area contributed by atoms with Crippen molar-refractivity contribution in [3.63, 3.8) is 0 Å². The number of sulfonamides is 1. The van der Waals surface area contributed by atoms with Crippen LogP contribution in [0.5, 0.6) is 0 Å². The summed E-state index contributed by atoms with van der Waals surface area (Å²) in [4.78, 5) is 0. The molecule has 2 aromatic carbocycles. The Kier molecular flexibility index (Phi) is 4.52. The summed E-state index contributed by atoms with van der Waals surface area (Å²) in [7, 11) is -3.44. The summed E-state index contributed by atoms with van der Waals surface area (Å²) in [6, 6.07) is 14.4. The zero-order valence-corrected chi connectivity index (χ0v) is 11.9. The average molecular weight is 293 g/mol. The van der Waals surface area contributed by atoms with Crippen molar-refractivity contribution in [1.82, 2.24) is 4.72 Å². The first kappa shape index (κ1) is 14.7. The van der Waals surface area contributed by atoms with E-state index in [4.69, 9.17) is 0 Å². The maximum absolute atomic E-state index is 12.8. The Balaban J connectivity index is 2.06. The van der Waals surface area contributed by atoms with Crippen molar-refractivity contribution in [3.8, 4) is 0 Å². The fourth-order valence-electron chi connectivity index (χ4n) is 1.92. The first-order valence-corrected chi connectivity index (χ1v) is 7.91. The Labute approximate surface area is 118 Å². The van der Waals surface area contributed by atoms with Gasteiger partial charge in [-0.25, -0.2) is 17.5 Å². The van der Waals surface area contributed by atoms with Gasteiger partial charge < -0.3 is 0 Å². The fraction of sp³-hybridized carbons (Fsp3) is 0.200. The predicted octanol–water partition coefficient (Wildman–Crippen LogP) is 3.01. The second-order valence-corrected chi connectivity index (χ2v) is 6.39. The van der Waals surface area contributed by atoms with Crippen LogP contribution >= 0.6 is 0 Å². The van der Waals surface area contributed by atoms with Crippen molar-refractivity contribution in [2.75, 3.05) is 0 Å². The molecule has 20 heavy (non-hydrogen) atoms. The molecule has 0 aliphatic heterocycles. The van der Waals surface area contributed by atoms with Crippen LogP contribution < -0.4 is 4.72 Å². The molecule has 2 aromatic rings. The van der Waals surface area contributed by atoms with E-state index in [1.807, 2.05) is 6.07 Å². The maximum atomic E-state index is 12.8. The molecule has 0 aliphatic rings. The van der Waals surface area contributed by atoms with Crippen LogP contribution in [0.3, 0.4) is 0 Å². The van der Waals surface area contributed by atoms with Gasteiger partial charge in [-0.05, 0) is 30.2 Å². The number of benzene rings is 2. The van der Waals surface area contributed by atoms with Crippen LogP contribution in [0.4, 0.5) is 4.39 Å². The highest BCUT2D eigenvalue weighted by molar-refractivity contribution is 7.88. The third-order valence-electron chi connectivity index (χ3n) is 2.93. The highest BCUT2D eigenvalue weighted by atomic mass is 32.2. The van der Waals surface area contributed by atoms with E-state index in [0.717, 1.165) is 11.1 Å². The standard InChI is InChI=1S/C15H16FNO2S/c1-12(14-7-9-15(16)10-8-14)17-20(18,19)11-13-5-3-2-4-6-13/h2-10,12,17H,11H2,1H3/t12-/m1/s1. The summed E-state index contributed by atoms with van der Waals surface area (Å²) in [5.41, 5.74) is 1.45. The van der Waals surface area contributed by atoms with Crippen LogP contribution in [0.1, 0.15) is 24.1 Å². The number of rotatable bonds is 5. The molecule has 106 valence electrons. The van der Waals surface area contributed by atoms with Crippen molar-refractivity contribution >= 4 is 10.0 Å². The molecule has 1 N–H and O–H groups in total. The number of hydrogen-bond donors (Lipinski definition) is 1. The molecule has 0 saturated carbocycles. The molecule has 3 nitrogen and oxygen atoms in total. The molecule has 0 heterocycles. The quantitative estimate of drug-likeness (QED) is 0.921. The van der Waals surface area contributed by atoms with E-state index in [9.17, 15) is 12.8 Å². The number of hydrogen-bond acceptors (Lipinski definition) is 2. The second kappa shape index (κ2) is 6.15. The van der Waals surface area contributed by atoms with Crippen molar-refractivity contribution < 1.29 is 12.8 Å². The largest absolute Gasteiger partial charge is 0.216 e. The Morgan fingerprint density at radius 2 is 1.65 bits per heavy atom. The molecule has 1 atom stereocenters. The summed E-state index contributed by atoms with van der Waals surface area (Å²) < 4.78 is 39.6. The lowest BCUT2D eigenvalue weighted by molar-refractivity contribution is 0.565. The van der Waals surface area contributed by atoms with Gasteiger partial charge >= 0.3 is 0 Å². The molecule has 5 heteroatoms. The molecule has 0 radical (unpaired) electrons. The van der Waals surface area contributed by atoms with Gasteiger partial charge in [0.05, 0.1) is 5.75 Å². The normalized spacial score (nSPS) is 13.1. The lowest BCUT2D eigenvalue weighted by Gasteiger charge is -2.14. The molecule has 0 amide bonds. The lowest BCUT2D eigenvalue weighted by Crippen LogP contribution is -2.28. The van der Waals surface area contributed by atoms with Gasteiger partial charge in [0.2, 0.25) is 10.0 Å². The van der Waals surface area contributed by atoms with Gasteiger partial charge in [-0.3, -0.25) is 0 Å². The van der Waals surface area contributed by atoms with Crippen LogP contribution in [-0.4, -0.2) is 8.42 Å². The molecule has 2 rings (SSSR count). The Morgan fingerprint density at radius 3 is 2.25 bits per heavy atom. The summed E-state index contributed by atoms with van der Waals surface area (Å²) in [6.07, 6.45) is 0. The minimum atomic E-state index is -3.44. The Bertz CT molecular complexity index is 654. The van der Waals surface area contributed by atoms with Gasteiger partial charge in [0.1, 0.15) is 5.82 Å². The summed E-state index contributed by atoms with van der Waals surface area (Å²) in [6.45, 7) is 1.73. The van der Waals surface area contributed by atoms with E-state index in [1.165, 1.54) is 12.1 Å². The highest BCUT2D eigenvalue weighted by Gasteiger charge is 2.16. The van der Waals surface area contributed by atoms with Crippen molar-refractivity contribution in [1.29, 1.82) is 0 Å². The first-order valence-electron chi connectivity index (χ1n) is 6.26. The lowest BCUT2D eigenvalue weighted by atomic mass is 10.1. The SMILES string of the molecule is C[C@@H](NS(=O)(=O)Cc1ccccc1)c1ccc(F)cc1. The van der Waals surface area contributed by atoms with Gasteiger partial charge in [0.15, 0.2) is 0 Å². The van der Waals surface area contributed by atoms with Crippen LogP contribution in [0.25, 0.3) is 0 Å². The smallest absolute Gasteiger partial charge is 0.212 e. The third-order valence-corrected chi connectivity index (χ3v) is 4.35. The summed E-state index contributed by atoms with van der Waals surface area (Å²) in [5.74, 6) is -0.410. The topological polar surface area (TPSA) is 46.2 Å². The molecule has 0 bridgehead atoms.